The number of ether oxygens (including phenoxy) is 5. The molecule has 3 heterocycles. The number of hydrogen-bond acceptors (Lipinski definition) is 13. The second-order valence-corrected chi connectivity index (χ2v) is 8.29. The highest BCUT2D eigenvalue weighted by Gasteiger charge is 2.52. The number of aliphatic hydroxyl groups is 8. The van der Waals surface area contributed by atoms with E-state index >= 15 is 0 Å². The summed E-state index contributed by atoms with van der Waals surface area (Å²) in [5.41, 5.74) is 0. The molecule has 0 aromatic carbocycles. The van der Waals surface area contributed by atoms with E-state index in [9.17, 15) is 40.9 Å². The van der Waals surface area contributed by atoms with Gasteiger partial charge in [0.05, 0.1) is 18.3 Å². The SMILES string of the molecule is C[C@@H]1O[C@@H](O[C@@H]2[C@@H](O[C@H]3[C@@H](O)[C@@H](C)O[C@H](O)[C@@H]3O)O[C@@H](C)[C@@H](O)[C@H]2O)[C@H](O)[C@H](O)[C@@H]1O. The summed E-state index contributed by atoms with van der Waals surface area (Å²) in [7, 11) is 0. The first-order chi connectivity index (χ1) is 14.4. The molecule has 0 aromatic heterocycles. The van der Waals surface area contributed by atoms with Crippen LogP contribution in [0.15, 0.2) is 0 Å². The summed E-state index contributed by atoms with van der Waals surface area (Å²) < 4.78 is 27.1. The normalized spacial score (nSPS) is 56.4. The minimum atomic E-state index is -1.70. The van der Waals surface area contributed by atoms with Gasteiger partial charge in [-0.05, 0) is 20.8 Å². The highest BCUT2D eigenvalue weighted by Crippen LogP contribution is 2.32. The van der Waals surface area contributed by atoms with Gasteiger partial charge in [0.15, 0.2) is 18.9 Å². The molecule has 13 nitrogen and oxygen atoms in total. The molecule has 3 saturated heterocycles. The van der Waals surface area contributed by atoms with Crippen molar-refractivity contribution >= 4 is 0 Å². The first-order valence-electron chi connectivity index (χ1n) is 10.2. The maximum atomic E-state index is 10.6. The van der Waals surface area contributed by atoms with Gasteiger partial charge in [-0.15, -0.1) is 0 Å². The summed E-state index contributed by atoms with van der Waals surface area (Å²) in [4.78, 5) is 0. The Kier molecular flexibility index (Phi) is 7.91. The molecule has 0 radical (unpaired) electrons. The van der Waals surface area contributed by atoms with Crippen molar-refractivity contribution in [3.8, 4) is 0 Å². The fourth-order valence-corrected chi connectivity index (χ4v) is 3.87. The van der Waals surface area contributed by atoms with Gasteiger partial charge in [0.1, 0.15) is 54.9 Å². The van der Waals surface area contributed by atoms with E-state index in [4.69, 9.17) is 23.7 Å². The van der Waals surface area contributed by atoms with Crippen LogP contribution in [0, 0.1) is 0 Å². The Labute approximate surface area is 178 Å². The minimum Gasteiger partial charge on any atom is -0.388 e. The summed E-state index contributed by atoms with van der Waals surface area (Å²) in [5.74, 6) is 0. The van der Waals surface area contributed by atoms with E-state index in [1.54, 1.807) is 0 Å². The Bertz CT molecular complexity index is 581. The lowest BCUT2D eigenvalue weighted by Crippen LogP contribution is -2.65. The largest absolute Gasteiger partial charge is 0.388 e. The lowest BCUT2D eigenvalue weighted by Gasteiger charge is -2.47. The summed E-state index contributed by atoms with van der Waals surface area (Å²) in [6.07, 6.45) is -21.1. The van der Waals surface area contributed by atoms with Crippen LogP contribution in [0.5, 0.6) is 0 Å². The van der Waals surface area contributed by atoms with Gasteiger partial charge in [-0.3, -0.25) is 0 Å². The molecule has 3 fully saturated rings. The minimum absolute atomic E-state index is 0.903. The molecule has 3 rings (SSSR count). The van der Waals surface area contributed by atoms with E-state index in [0.29, 0.717) is 0 Å². The second-order valence-electron chi connectivity index (χ2n) is 8.29. The number of hydrogen-bond donors (Lipinski definition) is 8. The van der Waals surface area contributed by atoms with Crippen LogP contribution >= 0.6 is 0 Å². The van der Waals surface area contributed by atoms with Crippen molar-refractivity contribution in [3.05, 3.63) is 0 Å². The highest BCUT2D eigenvalue weighted by atomic mass is 16.8. The van der Waals surface area contributed by atoms with Gasteiger partial charge in [-0.1, -0.05) is 0 Å². The predicted octanol–water partition coefficient (Wildman–Crippen LogP) is -4.49. The van der Waals surface area contributed by atoms with Crippen LogP contribution in [0.3, 0.4) is 0 Å². The van der Waals surface area contributed by atoms with Gasteiger partial charge in [0, 0.05) is 0 Å². The Balaban J connectivity index is 1.80. The first-order valence-corrected chi connectivity index (χ1v) is 10.2. The third-order valence-electron chi connectivity index (χ3n) is 5.98. The average Bonchev–Trinajstić information content (AvgIpc) is 2.72. The average molecular weight is 456 g/mol. The molecule has 3 aliphatic rings. The molecule has 0 unspecified atom stereocenters. The van der Waals surface area contributed by atoms with Gasteiger partial charge in [-0.2, -0.15) is 0 Å². The van der Waals surface area contributed by atoms with Crippen LogP contribution in [0.2, 0.25) is 0 Å². The quantitative estimate of drug-likeness (QED) is 0.201. The van der Waals surface area contributed by atoms with Crippen LogP contribution in [0.1, 0.15) is 20.8 Å². The van der Waals surface area contributed by atoms with Gasteiger partial charge in [0.2, 0.25) is 0 Å². The first kappa shape index (κ1) is 25.1. The predicted molar refractivity (Wildman–Crippen MR) is 97.0 cm³/mol. The molecule has 8 N–H and O–H groups in total. The van der Waals surface area contributed by atoms with Crippen molar-refractivity contribution in [2.24, 2.45) is 0 Å². The van der Waals surface area contributed by atoms with E-state index in [1.807, 2.05) is 0 Å². The lowest BCUT2D eigenvalue weighted by molar-refractivity contribution is -0.382. The Morgan fingerprint density at radius 3 is 1.55 bits per heavy atom. The summed E-state index contributed by atoms with van der Waals surface area (Å²) in [5, 5.41) is 81.1. The van der Waals surface area contributed by atoms with Gasteiger partial charge in [-0.25, -0.2) is 0 Å². The Hall–Kier alpha value is -0.520. The number of aliphatic hydroxyl groups excluding tert-OH is 8. The zero-order valence-corrected chi connectivity index (χ0v) is 17.3. The molecule has 0 amide bonds. The fourth-order valence-electron chi connectivity index (χ4n) is 3.87. The second kappa shape index (κ2) is 9.77. The molecular weight excluding hydrogens is 424 g/mol. The maximum absolute atomic E-state index is 10.6. The molecule has 3 aliphatic heterocycles. The summed E-state index contributed by atoms with van der Waals surface area (Å²) in [6.45, 7) is 4.34. The molecule has 0 saturated carbocycles. The smallest absolute Gasteiger partial charge is 0.187 e. The molecule has 31 heavy (non-hydrogen) atoms. The van der Waals surface area contributed by atoms with Crippen LogP contribution in [0.25, 0.3) is 0 Å². The third-order valence-corrected chi connectivity index (χ3v) is 5.98. The van der Waals surface area contributed by atoms with Crippen molar-refractivity contribution < 1.29 is 64.5 Å². The van der Waals surface area contributed by atoms with E-state index in [-0.39, 0.29) is 0 Å². The van der Waals surface area contributed by atoms with Crippen molar-refractivity contribution in [1.82, 2.24) is 0 Å². The van der Waals surface area contributed by atoms with Gasteiger partial charge < -0.3 is 64.5 Å². The van der Waals surface area contributed by atoms with Crippen LogP contribution in [-0.2, 0) is 23.7 Å². The highest BCUT2D eigenvalue weighted by molar-refractivity contribution is 4.94. The molecular formula is C18H32O13. The Morgan fingerprint density at radius 1 is 0.452 bits per heavy atom. The Morgan fingerprint density at radius 2 is 0.935 bits per heavy atom. The van der Waals surface area contributed by atoms with Gasteiger partial charge in [0.25, 0.3) is 0 Å². The van der Waals surface area contributed by atoms with E-state index in [1.165, 1.54) is 20.8 Å². The van der Waals surface area contributed by atoms with Crippen molar-refractivity contribution in [2.45, 2.75) is 113 Å². The molecule has 13 heteroatoms. The fraction of sp³-hybridized carbons (Fsp3) is 1.00. The summed E-state index contributed by atoms with van der Waals surface area (Å²) in [6, 6.07) is 0. The zero-order chi connectivity index (χ0) is 23.2. The summed E-state index contributed by atoms with van der Waals surface area (Å²) >= 11 is 0. The van der Waals surface area contributed by atoms with E-state index in [0.717, 1.165) is 0 Å². The third kappa shape index (κ3) is 4.89. The maximum Gasteiger partial charge on any atom is 0.187 e. The molecule has 0 aromatic rings. The lowest BCUT2D eigenvalue weighted by atomic mass is 9.97. The van der Waals surface area contributed by atoms with E-state index in [2.05, 4.69) is 0 Å². The molecule has 182 valence electrons. The topological polar surface area (TPSA) is 208 Å². The van der Waals surface area contributed by atoms with Crippen LogP contribution < -0.4 is 0 Å². The van der Waals surface area contributed by atoms with Crippen molar-refractivity contribution in [1.29, 1.82) is 0 Å². The standard InChI is InChI=1S/C18H32O13/c1-4-7(19)10(22)12(24)17(28-4)31-15-11(23)8(20)5(2)29-18(15)30-14-9(21)6(3)27-16(26)13(14)25/h4-26H,1-3H3/t4-,5-,6+,7+,8+,9-,10+,11+,12+,13+,14-,15-,16-,17-,18+/m0/s1. The zero-order valence-electron chi connectivity index (χ0n) is 17.3. The monoisotopic (exact) mass is 456 g/mol. The van der Waals surface area contributed by atoms with Gasteiger partial charge >= 0.3 is 0 Å². The van der Waals surface area contributed by atoms with Crippen LogP contribution in [-0.4, -0.2) is 133 Å². The molecule has 15 atom stereocenters. The molecule has 0 bridgehead atoms. The number of rotatable bonds is 4. The molecule has 0 spiro atoms. The van der Waals surface area contributed by atoms with Crippen molar-refractivity contribution in [2.75, 3.05) is 0 Å². The van der Waals surface area contributed by atoms with Crippen LogP contribution in [0.4, 0.5) is 0 Å². The van der Waals surface area contributed by atoms with Crippen molar-refractivity contribution in [3.63, 3.8) is 0 Å². The molecule has 0 aliphatic carbocycles. The van der Waals surface area contributed by atoms with E-state index < -0.39 is 92.1 Å².